The van der Waals surface area contributed by atoms with E-state index in [1.165, 1.54) is 0 Å². The molecule has 2 N–H and O–H groups in total. The van der Waals surface area contributed by atoms with Crippen LogP contribution in [0.1, 0.15) is 18.1 Å². The van der Waals surface area contributed by atoms with Crippen molar-refractivity contribution in [2.24, 2.45) is 4.99 Å². The first-order chi connectivity index (χ1) is 13.8. The minimum absolute atomic E-state index is 0.286. The second kappa shape index (κ2) is 8.47. The van der Waals surface area contributed by atoms with Crippen molar-refractivity contribution in [1.82, 2.24) is 20.4 Å². The van der Waals surface area contributed by atoms with Crippen LogP contribution >= 0.6 is 0 Å². The minimum Gasteiger partial charge on any atom is -0.454 e. The summed E-state index contributed by atoms with van der Waals surface area (Å²) in [7, 11) is 0. The van der Waals surface area contributed by atoms with E-state index in [0.717, 1.165) is 40.8 Å². The van der Waals surface area contributed by atoms with Crippen LogP contribution in [-0.4, -0.2) is 29.1 Å². The number of rotatable bonds is 6. The van der Waals surface area contributed by atoms with Crippen molar-refractivity contribution in [3.63, 3.8) is 0 Å². The van der Waals surface area contributed by atoms with Gasteiger partial charge in [0.25, 0.3) is 0 Å². The van der Waals surface area contributed by atoms with Gasteiger partial charge in [-0.3, -0.25) is 0 Å². The van der Waals surface area contributed by atoms with Gasteiger partial charge in [-0.25, -0.2) is 9.67 Å². The van der Waals surface area contributed by atoms with Crippen molar-refractivity contribution in [2.45, 2.75) is 20.0 Å². The van der Waals surface area contributed by atoms with E-state index in [9.17, 15) is 0 Å². The molecule has 0 aliphatic carbocycles. The van der Waals surface area contributed by atoms with Gasteiger partial charge in [-0.1, -0.05) is 18.2 Å². The van der Waals surface area contributed by atoms with Gasteiger partial charge in [0.15, 0.2) is 17.5 Å². The van der Waals surface area contributed by atoms with E-state index >= 15 is 0 Å². The Labute approximate surface area is 164 Å². The molecule has 7 nitrogen and oxygen atoms in total. The molecule has 0 radical (unpaired) electrons. The fourth-order valence-electron chi connectivity index (χ4n) is 2.97. The molecule has 0 amide bonds. The number of fused-ring (bicyclic) bond motifs is 1. The van der Waals surface area contributed by atoms with Crippen LogP contribution in [0.5, 0.6) is 11.5 Å². The highest BCUT2D eigenvalue weighted by Gasteiger charge is 2.13. The maximum atomic E-state index is 5.44. The van der Waals surface area contributed by atoms with Gasteiger partial charge >= 0.3 is 0 Å². The minimum atomic E-state index is 0.286. The zero-order valence-electron chi connectivity index (χ0n) is 15.8. The van der Waals surface area contributed by atoms with Crippen molar-refractivity contribution < 1.29 is 9.47 Å². The molecule has 2 aromatic carbocycles. The third-order valence-corrected chi connectivity index (χ3v) is 4.34. The van der Waals surface area contributed by atoms with Gasteiger partial charge in [-0.2, -0.15) is 5.10 Å². The summed E-state index contributed by atoms with van der Waals surface area (Å²) >= 11 is 0. The lowest BCUT2D eigenvalue weighted by atomic mass is 10.2. The first-order valence-electron chi connectivity index (χ1n) is 9.31. The summed E-state index contributed by atoms with van der Waals surface area (Å²) < 4.78 is 12.6. The van der Waals surface area contributed by atoms with E-state index in [1.54, 1.807) is 6.20 Å². The van der Waals surface area contributed by atoms with Crippen LogP contribution in [0, 0.1) is 0 Å². The van der Waals surface area contributed by atoms with Crippen molar-refractivity contribution in [3.05, 3.63) is 72.1 Å². The Morgan fingerprint density at radius 1 is 1.07 bits per heavy atom. The number of ether oxygens (including phenoxy) is 2. The predicted octanol–water partition coefficient (Wildman–Crippen LogP) is 2.86. The van der Waals surface area contributed by atoms with Crippen LogP contribution in [0.25, 0.3) is 5.69 Å². The molecule has 1 aromatic heterocycles. The Morgan fingerprint density at radius 2 is 2.00 bits per heavy atom. The Kier molecular flexibility index (Phi) is 5.42. The van der Waals surface area contributed by atoms with Crippen LogP contribution in [0.15, 0.2) is 65.9 Å². The van der Waals surface area contributed by atoms with E-state index < -0.39 is 0 Å². The zero-order chi connectivity index (χ0) is 19.2. The molecular formula is C21H23N5O2. The Bertz CT molecular complexity index is 953. The summed E-state index contributed by atoms with van der Waals surface area (Å²) in [5.74, 6) is 2.35. The van der Waals surface area contributed by atoms with Crippen LogP contribution < -0.4 is 20.1 Å². The van der Waals surface area contributed by atoms with Gasteiger partial charge in [0.05, 0.1) is 12.2 Å². The number of hydrogen-bond acceptors (Lipinski definition) is 4. The number of benzene rings is 2. The smallest absolute Gasteiger partial charge is 0.231 e. The summed E-state index contributed by atoms with van der Waals surface area (Å²) in [4.78, 5) is 4.70. The van der Waals surface area contributed by atoms with Crippen molar-refractivity contribution >= 4 is 5.96 Å². The lowest BCUT2D eigenvalue weighted by molar-refractivity contribution is 0.174. The molecule has 1 aliphatic heterocycles. The zero-order valence-corrected chi connectivity index (χ0v) is 15.8. The highest BCUT2D eigenvalue weighted by atomic mass is 16.7. The fraction of sp³-hybridized carbons (Fsp3) is 0.238. The molecule has 0 saturated carbocycles. The molecule has 0 fully saturated rings. The van der Waals surface area contributed by atoms with Crippen LogP contribution in [0.3, 0.4) is 0 Å². The Hall–Kier alpha value is -3.48. The monoisotopic (exact) mass is 377 g/mol. The molecule has 1 aliphatic rings. The number of nitrogens with zero attached hydrogens (tertiary/aromatic N) is 3. The summed E-state index contributed by atoms with van der Waals surface area (Å²) in [5, 5.41) is 10.9. The fourth-order valence-corrected chi connectivity index (χ4v) is 2.97. The second-order valence-corrected chi connectivity index (χ2v) is 6.36. The molecule has 7 heteroatoms. The second-order valence-electron chi connectivity index (χ2n) is 6.36. The van der Waals surface area contributed by atoms with Crippen LogP contribution in [0.4, 0.5) is 0 Å². The lowest BCUT2D eigenvalue weighted by Crippen LogP contribution is -2.36. The average Bonchev–Trinajstić information content (AvgIpc) is 3.42. The molecule has 28 heavy (non-hydrogen) atoms. The van der Waals surface area contributed by atoms with Crippen molar-refractivity contribution in [1.29, 1.82) is 0 Å². The number of aromatic nitrogens is 2. The topological polar surface area (TPSA) is 72.7 Å². The molecule has 0 spiro atoms. The first-order valence-corrected chi connectivity index (χ1v) is 9.31. The number of guanidine groups is 1. The van der Waals surface area contributed by atoms with Gasteiger partial charge in [-0.05, 0) is 48.4 Å². The number of nitrogens with one attached hydrogen (secondary N) is 2. The molecule has 144 valence electrons. The average molecular weight is 377 g/mol. The molecule has 2 heterocycles. The van der Waals surface area contributed by atoms with E-state index in [-0.39, 0.29) is 6.79 Å². The van der Waals surface area contributed by atoms with Gasteiger partial charge in [0, 0.05) is 25.5 Å². The molecule has 3 aromatic rings. The van der Waals surface area contributed by atoms with Crippen LogP contribution in [-0.2, 0) is 13.1 Å². The molecular weight excluding hydrogens is 354 g/mol. The predicted molar refractivity (Wildman–Crippen MR) is 108 cm³/mol. The van der Waals surface area contributed by atoms with Crippen molar-refractivity contribution in [2.75, 3.05) is 13.3 Å². The molecule has 0 saturated heterocycles. The van der Waals surface area contributed by atoms with E-state index in [2.05, 4.69) is 34.8 Å². The van der Waals surface area contributed by atoms with E-state index in [1.807, 2.05) is 47.3 Å². The molecule has 0 bridgehead atoms. The Morgan fingerprint density at radius 3 is 2.86 bits per heavy atom. The van der Waals surface area contributed by atoms with Gasteiger partial charge in [0.2, 0.25) is 6.79 Å². The van der Waals surface area contributed by atoms with Crippen LogP contribution in [0.2, 0.25) is 0 Å². The third kappa shape index (κ3) is 4.25. The van der Waals surface area contributed by atoms with Crippen molar-refractivity contribution in [3.8, 4) is 17.2 Å². The number of aliphatic imine (C=N–C) groups is 1. The van der Waals surface area contributed by atoms with Gasteiger partial charge < -0.3 is 20.1 Å². The maximum Gasteiger partial charge on any atom is 0.231 e. The quantitative estimate of drug-likeness (QED) is 0.511. The third-order valence-electron chi connectivity index (χ3n) is 4.34. The summed E-state index contributed by atoms with van der Waals surface area (Å²) in [5.41, 5.74) is 3.25. The SMILES string of the molecule is CCNC(=NCc1cccc(-n2cccn2)c1)NCc1ccc2c(c1)OCO2. The highest BCUT2D eigenvalue weighted by molar-refractivity contribution is 5.79. The largest absolute Gasteiger partial charge is 0.454 e. The maximum absolute atomic E-state index is 5.44. The normalized spacial score (nSPS) is 12.8. The highest BCUT2D eigenvalue weighted by Crippen LogP contribution is 2.32. The van der Waals surface area contributed by atoms with E-state index in [0.29, 0.717) is 13.1 Å². The standard InChI is InChI=1S/C21H23N5O2/c1-2-22-21(24-14-17-7-8-19-20(12-17)28-15-27-19)23-13-16-5-3-6-18(11-16)26-10-4-9-25-26/h3-12H,2,13-15H2,1H3,(H2,22,23,24). The molecule has 0 atom stereocenters. The molecule has 0 unspecified atom stereocenters. The summed E-state index contributed by atoms with van der Waals surface area (Å²) in [6.07, 6.45) is 3.70. The van der Waals surface area contributed by atoms with E-state index in [4.69, 9.17) is 14.5 Å². The summed E-state index contributed by atoms with van der Waals surface area (Å²) in [6, 6.07) is 16.1. The molecule has 4 rings (SSSR count). The number of hydrogen-bond donors (Lipinski definition) is 2. The lowest BCUT2D eigenvalue weighted by Gasteiger charge is -2.12. The van der Waals surface area contributed by atoms with Gasteiger partial charge in [-0.15, -0.1) is 0 Å². The first kappa shape index (κ1) is 17.9. The Balaban J connectivity index is 1.41. The summed E-state index contributed by atoms with van der Waals surface area (Å²) in [6.45, 7) is 4.35. The van der Waals surface area contributed by atoms with Gasteiger partial charge in [0.1, 0.15) is 0 Å².